The first-order valence-electron chi connectivity index (χ1n) is 4.99. The van der Waals surface area contributed by atoms with Crippen LogP contribution in [0.1, 0.15) is 13.8 Å². The molecule has 8 nitrogen and oxygen atoms in total. The number of hydrogen-bond acceptors (Lipinski definition) is 8. The van der Waals surface area contributed by atoms with Crippen LogP contribution in [0.15, 0.2) is 0 Å². The highest BCUT2D eigenvalue weighted by molar-refractivity contribution is 7.48. The molecule has 0 spiro atoms. The summed E-state index contributed by atoms with van der Waals surface area (Å²) in [6.07, 6.45) is -0.884. The summed E-state index contributed by atoms with van der Waals surface area (Å²) in [6.45, 7) is 1.90. The number of phosphoric acid groups is 1. The number of rotatable bonds is 8. The van der Waals surface area contributed by atoms with Crippen LogP contribution in [0.25, 0.3) is 0 Å². The van der Waals surface area contributed by atoms with E-state index in [4.69, 9.17) is 9.26 Å². The number of phosphoric ester groups is 1. The zero-order chi connectivity index (χ0) is 14.2. The molecule has 9 heteroatoms. The largest absolute Gasteiger partial charge is 0.474 e. The summed E-state index contributed by atoms with van der Waals surface area (Å²) in [5.41, 5.74) is 0. The fraction of sp³-hybridized carbons (Fsp3) is 0.778. The molecule has 0 aliphatic carbocycles. The van der Waals surface area contributed by atoms with Gasteiger partial charge in [-0.2, -0.15) is 0 Å². The van der Waals surface area contributed by atoms with Crippen LogP contribution < -0.4 is 0 Å². The van der Waals surface area contributed by atoms with Gasteiger partial charge in [-0.15, -0.1) is 0 Å². The first kappa shape index (κ1) is 17.1. The number of esters is 2. The van der Waals surface area contributed by atoms with Crippen molar-refractivity contribution in [3.05, 3.63) is 0 Å². The maximum atomic E-state index is 11.6. The first-order valence-corrected chi connectivity index (χ1v) is 6.45. The molecule has 0 heterocycles. The normalized spacial score (nSPS) is 12.9. The minimum atomic E-state index is -3.66. The van der Waals surface area contributed by atoms with Crippen LogP contribution >= 0.6 is 7.82 Å². The highest BCUT2D eigenvalue weighted by Gasteiger charge is 2.26. The van der Waals surface area contributed by atoms with Gasteiger partial charge in [0.15, 0.2) is 6.10 Å². The Morgan fingerprint density at radius 3 is 2.00 bits per heavy atom. The Kier molecular flexibility index (Phi) is 7.77. The van der Waals surface area contributed by atoms with E-state index >= 15 is 0 Å². The van der Waals surface area contributed by atoms with E-state index in [1.165, 1.54) is 13.8 Å². The predicted octanol–water partition coefficient (Wildman–Crippen LogP) is 0.899. The van der Waals surface area contributed by atoms with Gasteiger partial charge in [0.1, 0.15) is 6.61 Å². The van der Waals surface area contributed by atoms with Gasteiger partial charge in [0.05, 0.1) is 6.61 Å². The van der Waals surface area contributed by atoms with E-state index in [0.717, 1.165) is 14.2 Å². The molecular formula is C9H17O8P. The number of carbonyl (C=O) groups excluding carboxylic acids is 2. The van der Waals surface area contributed by atoms with E-state index < -0.39 is 25.9 Å². The quantitative estimate of drug-likeness (QED) is 0.479. The van der Waals surface area contributed by atoms with Crippen molar-refractivity contribution in [1.82, 2.24) is 0 Å². The summed E-state index contributed by atoms with van der Waals surface area (Å²) in [5, 5.41) is 0. The molecule has 0 aromatic rings. The average molecular weight is 284 g/mol. The molecule has 0 N–H and O–H groups in total. The average Bonchev–Trinajstić information content (AvgIpc) is 2.31. The van der Waals surface area contributed by atoms with Crippen LogP contribution in [-0.4, -0.2) is 45.5 Å². The monoisotopic (exact) mass is 284 g/mol. The van der Waals surface area contributed by atoms with E-state index in [0.29, 0.717) is 0 Å². The molecular weight excluding hydrogens is 267 g/mol. The van der Waals surface area contributed by atoms with Gasteiger partial charge in [0, 0.05) is 28.1 Å². The maximum Gasteiger partial charge on any atom is 0.474 e. The molecule has 0 fully saturated rings. The molecule has 0 amide bonds. The minimum Gasteiger partial charge on any atom is -0.462 e. The third kappa shape index (κ3) is 7.39. The van der Waals surface area contributed by atoms with E-state index in [2.05, 4.69) is 13.8 Å². The van der Waals surface area contributed by atoms with Gasteiger partial charge in [-0.05, 0) is 0 Å². The van der Waals surface area contributed by atoms with Crippen molar-refractivity contribution in [1.29, 1.82) is 0 Å². The van der Waals surface area contributed by atoms with E-state index in [9.17, 15) is 14.2 Å². The van der Waals surface area contributed by atoms with Crippen LogP contribution in [0.5, 0.6) is 0 Å². The van der Waals surface area contributed by atoms with E-state index in [1.807, 2.05) is 0 Å². The first-order chi connectivity index (χ1) is 8.33. The summed E-state index contributed by atoms with van der Waals surface area (Å²) < 4.78 is 35.0. The molecule has 106 valence electrons. The topological polar surface area (TPSA) is 97.4 Å². The standard InChI is InChI=1S/C9H17O8P/c1-7(10)15-5-9(17-8(2)11)6-16-18(12,13-3)14-4/h9H,5-6H2,1-4H3. The lowest BCUT2D eigenvalue weighted by Crippen LogP contribution is -2.28. The molecule has 0 aliphatic rings. The Morgan fingerprint density at radius 1 is 1.06 bits per heavy atom. The summed E-state index contributed by atoms with van der Waals surface area (Å²) in [7, 11) is -1.36. The highest BCUT2D eigenvalue weighted by atomic mass is 31.2. The fourth-order valence-corrected chi connectivity index (χ4v) is 1.62. The summed E-state index contributed by atoms with van der Waals surface area (Å²) in [6, 6.07) is 0. The van der Waals surface area contributed by atoms with Crippen LogP contribution in [-0.2, 0) is 37.2 Å². The number of carbonyl (C=O) groups is 2. The summed E-state index contributed by atoms with van der Waals surface area (Å²) in [4.78, 5) is 21.5. The van der Waals surface area contributed by atoms with Gasteiger partial charge in [-0.25, -0.2) is 4.57 Å². The molecule has 18 heavy (non-hydrogen) atoms. The van der Waals surface area contributed by atoms with Gasteiger partial charge in [-0.3, -0.25) is 23.2 Å². The molecule has 0 radical (unpaired) electrons. The smallest absolute Gasteiger partial charge is 0.462 e. The summed E-state index contributed by atoms with van der Waals surface area (Å²) in [5.74, 6) is -1.12. The lowest BCUT2D eigenvalue weighted by atomic mass is 10.4. The van der Waals surface area contributed by atoms with Gasteiger partial charge >= 0.3 is 19.8 Å². The Hall–Kier alpha value is -0.950. The number of hydrogen-bond donors (Lipinski definition) is 0. The zero-order valence-corrected chi connectivity index (χ0v) is 11.6. The van der Waals surface area contributed by atoms with Crippen molar-refractivity contribution in [3.8, 4) is 0 Å². The van der Waals surface area contributed by atoms with Crippen LogP contribution in [0.2, 0.25) is 0 Å². The molecule has 0 bridgehead atoms. The Balaban J connectivity index is 4.35. The third-order valence-electron chi connectivity index (χ3n) is 1.67. The molecule has 1 unspecified atom stereocenters. The maximum absolute atomic E-state index is 11.6. The lowest BCUT2D eigenvalue weighted by molar-refractivity contribution is -0.158. The fourth-order valence-electron chi connectivity index (χ4n) is 0.916. The van der Waals surface area contributed by atoms with Crippen molar-refractivity contribution in [2.75, 3.05) is 27.4 Å². The van der Waals surface area contributed by atoms with Crippen molar-refractivity contribution < 1.29 is 37.2 Å². The van der Waals surface area contributed by atoms with Crippen LogP contribution in [0.4, 0.5) is 0 Å². The van der Waals surface area contributed by atoms with Gasteiger partial charge in [0.25, 0.3) is 0 Å². The van der Waals surface area contributed by atoms with E-state index in [-0.39, 0.29) is 13.2 Å². The van der Waals surface area contributed by atoms with Crippen molar-refractivity contribution >= 4 is 19.8 Å². The SMILES string of the molecule is COP(=O)(OC)OCC(COC(C)=O)OC(C)=O. The van der Waals surface area contributed by atoms with Crippen molar-refractivity contribution in [2.24, 2.45) is 0 Å². The highest BCUT2D eigenvalue weighted by Crippen LogP contribution is 2.47. The Morgan fingerprint density at radius 2 is 1.61 bits per heavy atom. The molecule has 0 saturated heterocycles. The van der Waals surface area contributed by atoms with Crippen LogP contribution in [0.3, 0.4) is 0 Å². The van der Waals surface area contributed by atoms with E-state index in [1.54, 1.807) is 0 Å². The molecule has 0 aromatic heterocycles. The Bertz CT molecular complexity index is 321. The summed E-state index contributed by atoms with van der Waals surface area (Å²) >= 11 is 0. The number of ether oxygens (including phenoxy) is 2. The molecule has 0 saturated carbocycles. The molecule has 0 aromatic carbocycles. The van der Waals surface area contributed by atoms with Crippen molar-refractivity contribution in [3.63, 3.8) is 0 Å². The Labute approximate surface area is 105 Å². The second-order valence-corrected chi connectivity index (χ2v) is 5.03. The second-order valence-electron chi connectivity index (χ2n) is 3.14. The lowest BCUT2D eigenvalue weighted by Gasteiger charge is -2.19. The third-order valence-corrected chi connectivity index (χ3v) is 3.03. The zero-order valence-electron chi connectivity index (χ0n) is 10.7. The van der Waals surface area contributed by atoms with Gasteiger partial charge < -0.3 is 9.47 Å². The second kappa shape index (κ2) is 8.20. The minimum absolute atomic E-state index is 0.206. The van der Waals surface area contributed by atoms with Crippen LogP contribution in [0, 0.1) is 0 Å². The molecule has 0 rings (SSSR count). The van der Waals surface area contributed by atoms with Crippen molar-refractivity contribution in [2.45, 2.75) is 20.0 Å². The molecule has 0 aliphatic heterocycles. The predicted molar refractivity (Wildman–Crippen MR) is 59.8 cm³/mol. The van der Waals surface area contributed by atoms with Gasteiger partial charge in [-0.1, -0.05) is 0 Å². The molecule has 1 atom stereocenters. The van der Waals surface area contributed by atoms with Gasteiger partial charge in [0.2, 0.25) is 0 Å².